The Balaban J connectivity index is 1.50. The molecule has 0 saturated carbocycles. The zero-order chi connectivity index (χ0) is 38.7. The molecule has 2 aliphatic rings. The maximum absolute atomic E-state index is 13.7. The smallest absolute Gasteiger partial charge is 0.460 e. The van der Waals surface area contributed by atoms with E-state index in [2.05, 4.69) is 20.4 Å². The van der Waals surface area contributed by atoms with Crippen molar-refractivity contribution in [3.63, 3.8) is 0 Å². The fraction of sp³-hybridized carbons (Fsp3) is 0.444. The summed E-state index contributed by atoms with van der Waals surface area (Å²) >= 11 is 0. The van der Waals surface area contributed by atoms with E-state index in [4.69, 9.17) is 13.9 Å². The number of nitrogens with zero attached hydrogens (tertiary/aromatic N) is 2. The third-order valence-corrected chi connectivity index (χ3v) is 8.27. The lowest BCUT2D eigenvalue weighted by Gasteiger charge is -2.30. The van der Waals surface area contributed by atoms with Gasteiger partial charge < -0.3 is 34.0 Å². The number of amides is 3. The van der Waals surface area contributed by atoms with Gasteiger partial charge in [-0.25, -0.2) is 14.6 Å². The fourth-order valence-corrected chi connectivity index (χ4v) is 5.75. The number of carbonyl (C=O) groups excluding carboxylic acids is 5. The molecule has 14 nitrogen and oxygen atoms in total. The molecule has 1 saturated heterocycles. The number of rotatable bonds is 5. The van der Waals surface area contributed by atoms with Crippen molar-refractivity contribution >= 4 is 35.3 Å². The Kier molecular flexibility index (Phi) is 14.0. The van der Waals surface area contributed by atoms with Crippen LogP contribution in [0.15, 0.2) is 70.9 Å². The maximum Gasteiger partial charge on any atom is 0.573 e. The topological polar surface area (TPSA) is 187 Å². The van der Waals surface area contributed by atoms with E-state index < -0.39 is 66.1 Å². The first kappa shape index (κ1) is 40.3. The molecular formula is C36H41F3N4O10. The number of esters is 1. The Morgan fingerprint density at radius 1 is 1.17 bits per heavy atom. The monoisotopic (exact) mass is 746 g/mol. The third kappa shape index (κ3) is 12.6. The second kappa shape index (κ2) is 18.3. The van der Waals surface area contributed by atoms with Gasteiger partial charge in [0.2, 0.25) is 11.8 Å². The highest BCUT2D eigenvalue weighted by Crippen LogP contribution is 2.27. The number of hydrogen-bond donors (Lipinski definition) is 3. The van der Waals surface area contributed by atoms with Crippen molar-refractivity contribution in [1.82, 2.24) is 15.2 Å². The van der Waals surface area contributed by atoms with E-state index in [1.165, 1.54) is 35.3 Å². The van der Waals surface area contributed by atoms with E-state index in [1.54, 1.807) is 32.9 Å². The average molecular weight is 747 g/mol. The van der Waals surface area contributed by atoms with Gasteiger partial charge in [-0.05, 0) is 50.1 Å². The van der Waals surface area contributed by atoms with Crippen LogP contribution in [0.4, 0.5) is 23.7 Å². The van der Waals surface area contributed by atoms with E-state index in [1.807, 2.05) is 0 Å². The average Bonchev–Trinajstić information content (AvgIpc) is 3.77. The second-order valence-corrected chi connectivity index (χ2v) is 12.7. The number of hydrogen-bond acceptors (Lipinski definition) is 11. The molecule has 2 aromatic rings. The van der Waals surface area contributed by atoms with Gasteiger partial charge in [0.25, 0.3) is 5.91 Å². The molecular weight excluding hydrogens is 705 g/mol. The summed E-state index contributed by atoms with van der Waals surface area (Å²) in [4.78, 5) is 70.3. The molecule has 2 bridgehead atoms. The van der Waals surface area contributed by atoms with Crippen LogP contribution in [0.1, 0.15) is 56.4 Å². The van der Waals surface area contributed by atoms with Gasteiger partial charge in [-0.1, -0.05) is 43.7 Å². The molecule has 5 atom stereocenters. The first-order valence-corrected chi connectivity index (χ1v) is 16.8. The number of fused-ring (bicyclic) bond motifs is 3. The van der Waals surface area contributed by atoms with Crippen LogP contribution in [0.5, 0.6) is 5.75 Å². The van der Waals surface area contributed by atoms with Crippen LogP contribution in [0.2, 0.25) is 0 Å². The molecule has 0 radical (unpaired) electrons. The van der Waals surface area contributed by atoms with Crippen LogP contribution in [-0.4, -0.2) is 89.0 Å². The molecule has 17 heteroatoms. The second-order valence-electron chi connectivity index (χ2n) is 12.7. The molecule has 3 heterocycles. The minimum Gasteiger partial charge on any atom is -0.460 e. The van der Waals surface area contributed by atoms with Gasteiger partial charge >= 0.3 is 18.4 Å². The summed E-state index contributed by atoms with van der Waals surface area (Å²) in [5.41, 5.74) is 0.668. The molecule has 3 amide bonds. The van der Waals surface area contributed by atoms with Crippen molar-refractivity contribution in [1.29, 1.82) is 0 Å². The van der Waals surface area contributed by atoms with Gasteiger partial charge in [-0.15, -0.1) is 13.2 Å². The number of aliphatic hydroxyl groups is 1. The van der Waals surface area contributed by atoms with Crippen molar-refractivity contribution < 1.29 is 60.9 Å². The highest BCUT2D eigenvalue weighted by Gasteiger charge is 2.39. The quantitative estimate of drug-likeness (QED) is 0.362. The van der Waals surface area contributed by atoms with Gasteiger partial charge in [-0.3, -0.25) is 19.7 Å². The zero-order valence-electron chi connectivity index (χ0n) is 29.3. The number of cyclic esters (lactones) is 1. The van der Waals surface area contributed by atoms with E-state index in [-0.39, 0.29) is 62.0 Å². The summed E-state index contributed by atoms with van der Waals surface area (Å²) < 4.78 is 57.9. The van der Waals surface area contributed by atoms with Crippen LogP contribution in [0.3, 0.4) is 0 Å². The third-order valence-electron chi connectivity index (χ3n) is 8.27. The number of anilines is 1. The number of allylic oxidation sites excluding steroid dienone is 2. The summed E-state index contributed by atoms with van der Waals surface area (Å²) in [6, 6.07) is 3.42. The highest BCUT2D eigenvalue weighted by atomic mass is 19.4. The molecule has 3 N–H and O–H groups in total. The van der Waals surface area contributed by atoms with Crippen LogP contribution in [0.25, 0.3) is 0 Å². The van der Waals surface area contributed by atoms with Crippen LogP contribution < -0.4 is 15.4 Å². The van der Waals surface area contributed by atoms with Crippen molar-refractivity contribution in [2.45, 2.75) is 71.1 Å². The van der Waals surface area contributed by atoms with Crippen LogP contribution in [-0.2, 0) is 30.3 Å². The van der Waals surface area contributed by atoms with Gasteiger partial charge in [0, 0.05) is 37.0 Å². The highest BCUT2D eigenvalue weighted by molar-refractivity contribution is 5.95. The first-order chi connectivity index (χ1) is 25.1. The van der Waals surface area contributed by atoms with Gasteiger partial charge in [-0.2, -0.15) is 0 Å². The number of aliphatic hydroxyl groups excluding tert-OH is 1. The molecule has 1 fully saturated rings. The Hall–Kier alpha value is -5.45. The fourth-order valence-electron chi connectivity index (χ4n) is 5.75. The Labute approximate surface area is 303 Å². The van der Waals surface area contributed by atoms with Gasteiger partial charge in [0.1, 0.15) is 29.9 Å². The minimum atomic E-state index is -4.87. The predicted molar refractivity (Wildman–Crippen MR) is 181 cm³/mol. The summed E-state index contributed by atoms with van der Waals surface area (Å²) in [5.74, 6) is -3.93. The Bertz CT molecular complexity index is 1720. The number of benzene rings is 1. The number of aromatic nitrogens is 1. The van der Waals surface area contributed by atoms with Crippen LogP contribution in [0, 0.1) is 11.8 Å². The Morgan fingerprint density at radius 2 is 1.91 bits per heavy atom. The molecule has 2 aliphatic heterocycles. The number of carbonyl (C=O) groups is 5. The number of Topliss-reactive ketones (excluding diaryl/α,β-unsaturated/α-hetero) is 1. The number of ketones is 1. The molecule has 1 aromatic heterocycles. The number of halogens is 3. The molecule has 4 rings (SSSR count). The van der Waals surface area contributed by atoms with Gasteiger partial charge in [0.15, 0.2) is 5.69 Å². The normalized spacial score (nSPS) is 25.2. The van der Waals surface area contributed by atoms with Crippen molar-refractivity contribution in [3.8, 4) is 5.75 Å². The van der Waals surface area contributed by atoms with Crippen molar-refractivity contribution in [3.05, 3.63) is 78.1 Å². The molecule has 1 aromatic carbocycles. The van der Waals surface area contributed by atoms with E-state index in [0.717, 1.165) is 18.4 Å². The summed E-state index contributed by atoms with van der Waals surface area (Å²) in [6.45, 7) is 5.15. The predicted octanol–water partition coefficient (Wildman–Crippen LogP) is 4.66. The maximum atomic E-state index is 13.7. The van der Waals surface area contributed by atoms with Crippen molar-refractivity contribution in [2.75, 3.05) is 25.0 Å². The summed E-state index contributed by atoms with van der Waals surface area (Å²) in [6.07, 6.45) is 1.15. The molecule has 53 heavy (non-hydrogen) atoms. The number of nitrogens with one attached hydrogen (secondary N) is 2. The van der Waals surface area contributed by atoms with Crippen molar-refractivity contribution in [2.24, 2.45) is 11.8 Å². The minimum absolute atomic E-state index is 0.0235. The molecule has 286 valence electrons. The zero-order valence-corrected chi connectivity index (χ0v) is 29.3. The first-order valence-electron chi connectivity index (χ1n) is 16.8. The Morgan fingerprint density at radius 3 is 2.62 bits per heavy atom. The standard InChI is InChI=1S/C36H41F3N4O10/c1-21-6-4-14-40-30(46)13-8-22(2)32(23(3)19-51-35(49)41-24-9-11-27(12-10-24)53-36(37,38)39)52-34(48)29-7-5-15-43(29)33(47)28-20-50-31(42-28)18-26(45)17-25(44)16-21/h4,6,8-13,16,20,22-23,25,29,32,44H,5,7,14-15,17-19H2,1-3H3,(H,40,46)(H,41,49)/b6-4+,13-8+,21-16+/t22-,23-,25-,29-,32+/m1/s1. The number of ether oxygens (including phenoxy) is 3. The lowest BCUT2D eigenvalue weighted by Crippen LogP contribution is -2.44. The number of oxazole rings is 1. The van der Waals surface area contributed by atoms with E-state index >= 15 is 0 Å². The summed E-state index contributed by atoms with van der Waals surface area (Å²) in [5, 5.41) is 15.4. The van der Waals surface area contributed by atoms with E-state index in [9.17, 15) is 42.3 Å². The molecule has 0 spiro atoms. The van der Waals surface area contributed by atoms with Gasteiger partial charge in [0.05, 0.1) is 19.1 Å². The lowest BCUT2D eigenvalue weighted by molar-refractivity contribution is -0.274. The largest absolute Gasteiger partial charge is 0.573 e. The molecule has 0 unspecified atom stereocenters. The molecule has 0 aliphatic carbocycles. The van der Waals surface area contributed by atoms with Crippen LogP contribution >= 0.6 is 0 Å². The van der Waals surface area contributed by atoms with E-state index in [0.29, 0.717) is 12.0 Å². The lowest BCUT2D eigenvalue weighted by atomic mass is 9.93. The number of alkyl halides is 3. The summed E-state index contributed by atoms with van der Waals surface area (Å²) in [7, 11) is 0. The SMILES string of the molecule is CC1=C\[C@@H](O)CC(=O)Cc2nc(co2)C(=O)N2CCC[C@@H]2C(=O)O[C@H]([C@H](C)COC(=O)Nc2ccc(OC(F)(F)F)cc2)[C@H](C)/C=C/C(=O)NC\C=C\1.